The molecule has 0 aliphatic heterocycles. The van der Waals surface area contributed by atoms with Crippen LogP contribution >= 0.6 is 7.82 Å². The van der Waals surface area contributed by atoms with Crippen LogP contribution in [0.25, 0.3) is 0 Å². The van der Waals surface area contributed by atoms with Crippen LogP contribution in [0.15, 0.2) is 72.9 Å². The SMILES string of the molecule is CC/C=C\C/C=C\C/C=C\C/C=C\C/C=C\C/C=C\CCCCCCC(=O)OC(COC(=O)CCCCCCCCCCCCCCCCCCCCCC)COP(=O)(O)OCC[N+](C)(C)C. The number of ether oxygens (including phenoxy) is 2. The fraction of sp³-hybridized carbons (Fsp3) is 0.754. The molecule has 0 saturated carbocycles. The summed E-state index contributed by atoms with van der Waals surface area (Å²) in [5, 5.41) is 0. The van der Waals surface area contributed by atoms with E-state index < -0.39 is 26.5 Å². The van der Waals surface area contributed by atoms with Crippen molar-refractivity contribution in [2.75, 3.05) is 47.5 Å². The number of quaternary nitrogens is 1. The average Bonchev–Trinajstić information content (AvgIpc) is 3.29. The summed E-state index contributed by atoms with van der Waals surface area (Å²) >= 11 is 0. The van der Waals surface area contributed by atoms with Crippen molar-refractivity contribution in [1.82, 2.24) is 0 Å². The van der Waals surface area contributed by atoms with Gasteiger partial charge in [0.1, 0.15) is 19.8 Å². The molecule has 0 aromatic heterocycles. The largest absolute Gasteiger partial charge is 0.472 e. The fourth-order valence-electron chi connectivity index (χ4n) is 7.31. The highest BCUT2D eigenvalue weighted by molar-refractivity contribution is 7.47. The smallest absolute Gasteiger partial charge is 0.462 e. The predicted octanol–water partition coefficient (Wildman–Crippen LogP) is 16.5. The van der Waals surface area contributed by atoms with Crippen molar-refractivity contribution in [3.63, 3.8) is 0 Å². The number of rotatable bonds is 49. The molecule has 0 heterocycles. The minimum absolute atomic E-state index is 0.0241. The molecule has 1 N–H and O–H groups in total. The van der Waals surface area contributed by atoms with Crippen LogP contribution in [0.4, 0.5) is 0 Å². The van der Waals surface area contributed by atoms with Gasteiger partial charge in [-0.3, -0.25) is 18.6 Å². The quantitative estimate of drug-likeness (QED) is 0.0211. The molecule has 0 radical (unpaired) electrons. The molecule has 0 spiro atoms. The van der Waals surface area contributed by atoms with Gasteiger partial charge in [0.2, 0.25) is 0 Å². The van der Waals surface area contributed by atoms with Gasteiger partial charge in [-0.15, -0.1) is 0 Å². The Balaban J connectivity index is 4.28. The fourth-order valence-corrected chi connectivity index (χ4v) is 8.05. The first kappa shape index (κ1) is 64.5. The van der Waals surface area contributed by atoms with E-state index in [1.807, 2.05) is 21.1 Å². The van der Waals surface area contributed by atoms with Crippen LogP contribution in [0.1, 0.15) is 226 Å². The second kappa shape index (κ2) is 48.5. The maximum absolute atomic E-state index is 12.8. The highest BCUT2D eigenvalue weighted by Gasteiger charge is 2.27. The van der Waals surface area contributed by atoms with Gasteiger partial charge in [0, 0.05) is 12.8 Å². The second-order valence-electron chi connectivity index (χ2n) is 19.2. The summed E-state index contributed by atoms with van der Waals surface area (Å²) in [6.45, 7) is 4.30. The van der Waals surface area contributed by atoms with Gasteiger partial charge >= 0.3 is 19.8 Å². The number of esters is 2. The van der Waals surface area contributed by atoms with Crippen molar-refractivity contribution in [2.24, 2.45) is 0 Å². The molecule has 10 heteroatoms. The van der Waals surface area contributed by atoms with Gasteiger partial charge < -0.3 is 18.9 Å². The lowest BCUT2D eigenvalue weighted by atomic mass is 10.0. The van der Waals surface area contributed by atoms with Crippen LogP contribution < -0.4 is 0 Å². The maximum atomic E-state index is 12.8. The Hall–Kier alpha value is -2.55. The molecule has 0 aromatic rings. The lowest BCUT2D eigenvalue weighted by molar-refractivity contribution is -0.870. The van der Waals surface area contributed by atoms with Crippen LogP contribution in [0, 0.1) is 0 Å². The second-order valence-corrected chi connectivity index (χ2v) is 20.7. The first-order valence-electron chi connectivity index (χ1n) is 27.2. The third-order valence-corrected chi connectivity index (χ3v) is 12.5. The first-order chi connectivity index (χ1) is 32.5. The van der Waals surface area contributed by atoms with E-state index >= 15 is 0 Å². The average molecular weight is 961 g/mol. The summed E-state index contributed by atoms with van der Waals surface area (Å²) < 4.78 is 34.5. The molecule has 388 valence electrons. The van der Waals surface area contributed by atoms with Gasteiger partial charge in [-0.25, -0.2) is 4.57 Å². The van der Waals surface area contributed by atoms with Crippen molar-refractivity contribution in [3.8, 4) is 0 Å². The number of likely N-dealkylation sites (N-methyl/N-ethyl adjacent to an activating group) is 1. The highest BCUT2D eigenvalue weighted by atomic mass is 31.2. The lowest BCUT2D eigenvalue weighted by Crippen LogP contribution is -2.37. The Kier molecular flexibility index (Phi) is 46.6. The zero-order chi connectivity index (χ0) is 49.2. The summed E-state index contributed by atoms with van der Waals surface area (Å²) in [4.78, 5) is 35.6. The van der Waals surface area contributed by atoms with Crippen molar-refractivity contribution in [3.05, 3.63) is 72.9 Å². The number of hydrogen-bond donors (Lipinski definition) is 1. The van der Waals surface area contributed by atoms with Crippen molar-refractivity contribution in [2.45, 2.75) is 232 Å². The number of hydrogen-bond acceptors (Lipinski definition) is 7. The number of unbranched alkanes of at least 4 members (excludes halogenated alkanes) is 23. The topological polar surface area (TPSA) is 108 Å². The summed E-state index contributed by atoms with van der Waals surface area (Å²) in [5.41, 5.74) is 0. The zero-order valence-corrected chi connectivity index (χ0v) is 44.8. The number of allylic oxidation sites excluding steroid dienone is 12. The Morgan fingerprint density at radius 3 is 1.27 bits per heavy atom. The molecular weight excluding hydrogens is 858 g/mol. The molecule has 0 bridgehead atoms. The Bertz CT molecular complexity index is 1360. The maximum Gasteiger partial charge on any atom is 0.472 e. The van der Waals surface area contributed by atoms with Crippen molar-refractivity contribution >= 4 is 19.8 Å². The number of nitrogens with zero attached hydrogens (tertiary/aromatic N) is 1. The lowest BCUT2D eigenvalue weighted by Gasteiger charge is -2.24. The number of carbonyl (C=O) groups is 2. The van der Waals surface area contributed by atoms with Crippen LogP contribution in [-0.4, -0.2) is 74.9 Å². The first-order valence-corrected chi connectivity index (χ1v) is 28.7. The van der Waals surface area contributed by atoms with E-state index in [9.17, 15) is 19.0 Å². The van der Waals surface area contributed by atoms with E-state index in [-0.39, 0.29) is 32.0 Å². The summed E-state index contributed by atoms with van der Waals surface area (Å²) in [7, 11) is 1.46. The Morgan fingerprint density at radius 2 is 0.851 bits per heavy atom. The van der Waals surface area contributed by atoms with E-state index in [1.165, 1.54) is 109 Å². The molecule has 0 fully saturated rings. The summed E-state index contributed by atoms with van der Waals surface area (Å²) in [5.74, 6) is -0.823. The van der Waals surface area contributed by atoms with Gasteiger partial charge in [0.15, 0.2) is 6.10 Å². The normalized spacial score (nSPS) is 13.9. The van der Waals surface area contributed by atoms with Crippen LogP contribution in [-0.2, 0) is 32.7 Å². The highest BCUT2D eigenvalue weighted by Crippen LogP contribution is 2.43. The molecule has 67 heavy (non-hydrogen) atoms. The summed E-state index contributed by atoms with van der Waals surface area (Å²) in [6.07, 6.45) is 62.4. The minimum Gasteiger partial charge on any atom is -0.462 e. The Labute approximate surface area is 412 Å². The molecule has 0 aliphatic carbocycles. The number of carbonyl (C=O) groups excluding carboxylic acids is 2. The minimum atomic E-state index is -4.39. The van der Waals surface area contributed by atoms with Crippen LogP contribution in [0.2, 0.25) is 0 Å². The molecular formula is C57H103NO8P+. The standard InChI is InChI=1S/C57H102NO8P/c1-6-8-10-12-14-16-18-20-22-24-26-28-29-30-32-34-36-38-40-42-44-46-48-50-57(60)66-55(54-65-67(61,62)64-52-51-58(3,4)5)53-63-56(59)49-47-45-43-41-39-37-35-33-31-27-25-23-21-19-17-15-13-11-9-7-2/h8,10,14,16,20,22,26,28,30,32,36,38,55H,6-7,9,11-13,15,17-19,21,23-25,27,29,31,33-35,37,39-54H2,1-5H3/p+1/b10-8-,16-14-,22-20-,28-26-,32-30-,38-36-. The molecule has 0 amide bonds. The zero-order valence-electron chi connectivity index (χ0n) is 43.9. The van der Waals surface area contributed by atoms with Gasteiger partial charge in [0.05, 0.1) is 27.7 Å². The molecule has 0 aliphatic rings. The third-order valence-electron chi connectivity index (χ3n) is 11.5. The van der Waals surface area contributed by atoms with E-state index in [4.69, 9.17) is 18.5 Å². The molecule has 0 saturated heterocycles. The number of phosphoric ester groups is 1. The van der Waals surface area contributed by atoms with E-state index in [2.05, 4.69) is 86.8 Å². The molecule has 2 atom stereocenters. The molecule has 9 nitrogen and oxygen atoms in total. The van der Waals surface area contributed by atoms with Gasteiger partial charge in [-0.1, -0.05) is 222 Å². The van der Waals surface area contributed by atoms with Gasteiger partial charge in [0.25, 0.3) is 0 Å². The van der Waals surface area contributed by atoms with Crippen molar-refractivity contribution in [1.29, 1.82) is 0 Å². The molecule has 2 unspecified atom stereocenters. The third kappa shape index (κ3) is 52.7. The number of phosphoric acid groups is 1. The Morgan fingerprint density at radius 1 is 0.478 bits per heavy atom. The van der Waals surface area contributed by atoms with E-state index in [0.29, 0.717) is 17.4 Å². The molecule has 0 aromatic carbocycles. The van der Waals surface area contributed by atoms with Crippen LogP contribution in [0.3, 0.4) is 0 Å². The van der Waals surface area contributed by atoms with E-state index in [1.54, 1.807) is 0 Å². The monoisotopic (exact) mass is 961 g/mol. The van der Waals surface area contributed by atoms with E-state index in [0.717, 1.165) is 83.5 Å². The summed E-state index contributed by atoms with van der Waals surface area (Å²) in [6, 6.07) is 0. The van der Waals surface area contributed by atoms with Gasteiger partial charge in [-0.05, 0) is 64.2 Å². The predicted molar refractivity (Wildman–Crippen MR) is 284 cm³/mol. The van der Waals surface area contributed by atoms with Gasteiger partial charge in [-0.2, -0.15) is 0 Å². The molecule has 0 rings (SSSR count). The van der Waals surface area contributed by atoms with Crippen LogP contribution in [0.5, 0.6) is 0 Å². The van der Waals surface area contributed by atoms with Crippen molar-refractivity contribution < 1.29 is 42.1 Å².